The lowest BCUT2D eigenvalue weighted by molar-refractivity contribution is -0.148. The lowest BCUT2D eigenvalue weighted by Gasteiger charge is -2.31. The normalized spacial score (nSPS) is 20.2. The van der Waals surface area contributed by atoms with Gasteiger partial charge in [0.1, 0.15) is 6.10 Å². The second kappa shape index (κ2) is 7.51. The highest BCUT2D eigenvalue weighted by Gasteiger charge is 2.27. The van der Waals surface area contributed by atoms with E-state index in [0.717, 1.165) is 18.5 Å². The van der Waals surface area contributed by atoms with Crippen molar-refractivity contribution in [3.8, 4) is 0 Å². The van der Waals surface area contributed by atoms with Crippen LogP contribution in [-0.2, 0) is 9.53 Å². The predicted molar refractivity (Wildman–Crippen MR) is 78.6 cm³/mol. The number of piperidine rings is 1. The summed E-state index contributed by atoms with van der Waals surface area (Å²) in [5.41, 5.74) is 2.30. The van der Waals surface area contributed by atoms with Gasteiger partial charge in [0.15, 0.2) is 0 Å². The first kappa shape index (κ1) is 16.0. The maximum absolute atomic E-state index is 11.3. The molecule has 0 radical (unpaired) electrons. The zero-order valence-corrected chi connectivity index (χ0v) is 12.3. The molecule has 0 bridgehead atoms. The Hall–Kier alpha value is -1.06. The Balaban J connectivity index is 0.00000180. The molecule has 1 aliphatic rings. The number of rotatable bonds is 3. The van der Waals surface area contributed by atoms with Crippen LogP contribution in [0.15, 0.2) is 24.3 Å². The summed E-state index contributed by atoms with van der Waals surface area (Å²) in [5, 5.41) is 3.46. The van der Waals surface area contributed by atoms with Crippen LogP contribution >= 0.6 is 12.4 Å². The second-order valence-corrected chi connectivity index (χ2v) is 5.00. The zero-order chi connectivity index (χ0) is 13.0. The molecular weight excluding hydrogens is 262 g/mol. The minimum atomic E-state index is -0.215. The highest BCUT2D eigenvalue weighted by atomic mass is 35.5. The molecule has 0 aliphatic carbocycles. The van der Waals surface area contributed by atoms with Crippen molar-refractivity contribution in [1.29, 1.82) is 0 Å². The molecule has 106 valence electrons. The number of carbonyl (C=O) groups is 1. The van der Waals surface area contributed by atoms with Gasteiger partial charge in [0.25, 0.3) is 0 Å². The van der Waals surface area contributed by atoms with E-state index in [1.165, 1.54) is 25.3 Å². The molecule has 1 fully saturated rings. The third-order valence-electron chi connectivity index (χ3n) is 3.41. The van der Waals surface area contributed by atoms with E-state index >= 15 is 0 Å². The molecule has 1 saturated heterocycles. The number of aryl methyl sites for hydroxylation is 1. The van der Waals surface area contributed by atoms with Gasteiger partial charge in [0.2, 0.25) is 0 Å². The van der Waals surface area contributed by atoms with Gasteiger partial charge in [-0.1, -0.05) is 36.2 Å². The van der Waals surface area contributed by atoms with Crippen LogP contribution in [0.5, 0.6) is 0 Å². The average molecular weight is 284 g/mol. The smallest absolute Gasteiger partial charge is 0.303 e. The first-order chi connectivity index (χ1) is 8.66. The summed E-state index contributed by atoms with van der Waals surface area (Å²) in [4.78, 5) is 11.3. The van der Waals surface area contributed by atoms with Gasteiger partial charge < -0.3 is 10.1 Å². The minimum absolute atomic E-state index is 0. The molecule has 4 heteroatoms. The molecule has 1 aliphatic heterocycles. The van der Waals surface area contributed by atoms with Crippen molar-refractivity contribution in [2.24, 2.45) is 0 Å². The predicted octanol–water partition coefficient (Wildman–Crippen LogP) is 3.16. The van der Waals surface area contributed by atoms with Crippen molar-refractivity contribution in [3.05, 3.63) is 35.4 Å². The second-order valence-electron chi connectivity index (χ2n) is 5.00. The third-order valence-corrected chi connectivity index (χ3v) is 3.41. The van der Waals surface area contributed by atoms with Crippen molar-refractivity contribution < 1.29 is 9.53 Å². The fourth-order valence-corrected chi connectivity index (χ4v) is 2.45. The average Bonchev–Trinajstić information content (AvgIpc) is 2.38. The lowest BCUT2D eigenvalue weighted by atomic mass is 9.94. The topological polar surface area (TPSA) is 38.3 Å². The molecule has 0 spiro atoms. The molecule has 0 saturated carbocycles. The van der Waals surface area contributed by atoms with Gasteiger partial charge in [0, 0.05) is 13.0 Å². The summed E-state index contributed by atoms with van der Waals surface area (Å²) >= 11 is 0. The van der Waals surface area contributed by atoms with Crippen LogP contribution in [0.4, 0.5) is 0 Å². The number of hydrogen-bond donors (Lipinski definition) is 1. The Morgan fingerprint density at radius 1 is 1.32 bits per heavy atom. The quantitative estimate of drug-likeness (QED) is 0.866. The maximum Gasteiger partial charge on any atom is 0.303 e. The van der Waals surface area contributed by atoms with Gasteiger partial charge in [-0.05, 0) is 31.9 Å². The Morgan fingerprint density at radius 2 is 2.00 bits per heavy atom. The number of halogens is 1. The molecule has 2 unspecified atom stereocenters. The van der Waals surface area contributed by atoms with E-state index < -0.39 is 0 Å². The largest absolute Gasteiger partial charge is 0.456 e. The summed E-state index contributed by atoms with van der Waals surface area (Å²) < 4.78 is 5.51. The Bertz CT molecular complexity index is 399. The first-order valence-corrected chi connectivity index (χ1v) is 6.64. The monoisotopic (exact) mass is 283 g/mol. The van der Waals surface area contributed by atoms with Crippen LogP contribution < -0.4 is 5.32 Å². The lowest BCUT2D eigenvalue weighted by Crippen LogP contribution is -2.40. The fourth-order valence-electron chi connectivity index (χ4n) is 2.45. The number of ether oxygens (including phenoxy) is 1. The van der Waals surface area contributed by atoms with Gasteiger partial charge in [-0.3, -0.25) is 4.79 Å². The molecule has 2 rings (SSSR count). The van der Waals surface area contributed by atoms with E-state index in [-0.39, 0.29) is 30.5 Å². The number of benzene rings is 1. The summed E-state index contributed by atoms with van der Waals surface area (Å²) in [6.45, 7) is 4.54. The van der Waals surface area contributed by atoms with Crippen LogP contribution in [0.25, 0.3) is 0 Å². The summed E-state index contributed by atoms with van der Waals surface area (Å²) in [6, 6.07) is 8.48. The molecule has 2 atom stereocenters. The minimum Gasteiger partial charge on any atom is -0.456 e. The van der Waals surface area contributed by atoms with Crippen molar-refractivity contribution in [1.82, 2.24) is 5.32 Å². The van der Waals surface area contributed by atoms with E-state index in [2.05, 4.69) is 36.5 Å². The molecule has 1 N–H and O–H groups in total. The van der Waals surface area contributed by atoms with E-state index in [1.54, 1.807) is 0 Å². The van der Waals surface area contributed by atoms with Crippen LogP contribution in [-0.4, -0.2) is 18.6 Å². The van der Waals surface area contributed by atoms with Crippen molar-refractivity contribution in [2.45, 2.75) is 45.3 Å². The van der Waals surface area contributed by atoms with Crippen molar-refractivity contribution in [3.63, 3.8) is 0 Å². The van der Waals surface area contributed by atoms with E-state index in [4.69, 9.17) is 4.74 Å². The van der Waals surface area contributed by atoms with Crippen LogP contribution in [0.2, 0.25) is 0 Å². The van der Waals surface area contributed by atoms with Gasteiger partial charge in [-0.15, -0.1) is 12.4 Å². The van der Waals surface area contributed by atoms with E-state index in [9.17, 15) is 4.79 Å². The Kier molecular flexibility index (Phi) is 6.32. The Morgan fingerprint density at radius 3 is 2.53 bits per heavy atom. The molecular formula is C15H22ClNO2. The van der Waals surface area contributed by atoms with Crippen molar-refractivity contribution in [2.75, 3.05) is 6.54 Å². The van der Waals surface area contributed by atoms with E-state index in [1.807, 2.05) is 0 Å². The van der Waals surface area contributed by atoms with Gasteiger partial charge in [-0.25, -0.2) is 0 Å². The van der Waals surface area contributed by atoms with Gasteiger partial charge in [0.05, 0.1) is 0 Å². The SMILES string of the molecule is CC(=O)OC(c1ccc(C)cc1)C1CCCCN1.Cl. The summed E-state index contributed by atoms with van der Waals surface area (Å²) in [7, 11) is 0. The number of hydrogen-bond acceptors (Lipinski definition) is 3. The highest BCUT2D eigenvalue weighted by molar-refractivity contribution is 5.85. The number of carbonyl (C=O) groups excluding carboxylic acids is 1. The van der Waals surface area contributed by atoms with Crippen molar-refractivity contribution >= 4 is 18.4 Å². The van der Waals surface area contributed by atoms with Gasteiger partial charge >= 0.3 is 5.97 Å². The molecule has 3 nitrogen and oxygen atoms in total. The van der Waals surface area contributed by atoms with Gasteiger partial charge in [-0.2, -0.15) is 0 Å². The first-order valence-electron chi connectivity index (χ1n) is 6.64. The fraction of sp³-hybridized carbons (Fsp3) is 0.533. The molecule has 1 heterocycles. The summed E-state index contributed by atoms with van der Waals surface area (Å²) in [5.74, 6) is -0.215. The highest BCUT2D eigenvalue weighted by Crippen LogP contribution is 2.27. The maximum atomic E-state index is 11.3. The summed E-state index contributed by atoms with van der Waals surface area (Å²) in [6.07, 6.45) is 3.30. The van der Waals surface area contributed by atoms with Crippen LogP contribution in [0.3, 0.4) is 0 Å². The van der Waals surface area contributed by atoms with E-state index in [0.29, 0.717) is 0 Å². The molecule has 0 amide bonds. The zero-order valence-electron chi connectivity index (χ0n) is 11.5. The molecule has 1 aromatic carbocycles. The number of nitrogens with one attached hydrogen (secondary N) is 1. The Labute approximate surface area is 121 Å². The molecule has 0 aromatic heterocycles. The standard InChI is InChI=1S/C15H21NO2.ClH/c1-11-6-8-13(9-7-11)15(18-12(2)17)14-5-3-4-10-16-14;/h6-9,14-16H,3-5,10H2,1-2H3;1H. The third kappa shape index (κ3) is 4.51. The molecule has 1 aromatic rings. The van der Waals surface area contributed by atoms with Crippen LogP contribution in [0.1, 0.15) is 43.4 Å². The number of esters is 1. The van der Waals surface area contributed by atoms with Crippen LogP contribution in [0, 0.1) is 6.92 Å². The molecule has 19 heavy (non-hydrogen) atoms.